The molecule has 2 aromatic heterocycles. The fraction of sp³-hybridized carbons (Fsp3) is 0.400. The van der Waals surface area contributed by atoms with Crippen LogP contribution in [0.15, 0.2) is 6.33 Å². The summed E-state index contributed by atoms with van der Waals surface area (Å²) < 4.78 is 11.7. The molecule has 0 bridgehead atoms. The molecule has 19 heavy (non-hydrogen) atoms. The zero-order valence-electron chi connectivity index (χ0n) is 9.97. The highest BCUT2D eigenvalue weighted by Gasteiger charge is 2.10. The van der Waals surface area contributed by atoms with Crippen molar-refractivity contribution in [3.63, 3.8) is 0 Å². The van der Waals surface area contributed by atoms with E-state index < -0.39 is 0 Å². The van der Waals surface area contributed by atoms with Gasteiger partial charge in [-0.3, -0.25) is 9.36 Å². The number of carbonyl (C=O) groups is 1. The van der Waals surface area contributed by atoms with Gasteiger partial charge in [0.1, 0.15) is 18.9 Å². The minimum Gasteiger partial charge on any atom is -0.463 e. The van der Waals surface area contributed by atoms with Crippen molar-refractivity contribution in [2.45, 2.75) is 13.7 Å². The average Bonchev–Trinajstić information content (AvgIpc) is 2.72. The lowest BCUT2D eigenvalue weighted by atomic mass is 10.5. The molecule has 0 unspecified atom stereocenters. The molecule has 102 valence electrons. The smallest absolute Gasteiger partial charge is 0.302 e. The third-order valence-electron chi connectivity index (χ3n) is 2.16. The number of fused-ring (bicyclic) bond motifs is 1. The topological polar surface area (TPSA) is 79.1 Å². The molecule has 2 heterocycles. The van der Waals surface area contributed by atoms with Crippen LogP contribution < -0.4 is 0 Å². The van der Waals surface area contributed by atoms with E-state index in [-0.39, 0.29) is 36.4 Å². The van der Waals surface area contributed by atoms with Crippen molar-refractivity contribution >= 4 is 40.3 Å². The fourth-order valence-corrected chi connectivity index (χ4v) is 1.81. The highest BCUT2D eigenvalue weighted by atomic mass is 35.5. The van der Waals surface area contributed by atoms with Crippen molar-refractivity contribution < 1.29 is 14.3 Å². The molecule has 0 N–H and O–H groups in total. The Morgan fingerprint density at radius 2 is 2.16 bits per heavy atom. The van der Waals surface area contributed by atoms with Gasteiger partial charge in [0.2, 0.25) is 5.28 Å². The van der Waals surface area contributed by atoms with E-state index in [1.807, 2.05) is 0 Å². The summed E-state index contributed by atoms with van der Waals surface area (Å²) in [5.74, 6) is -0.344. The Morgan fingerprint density at radius 3 is 2.89 bits per heavy atom. The maximum atomic E-state index is 10.5. The van der Waals surface area contributed by atoms with Crippen LogP contribution in [0, 0.1) is 0 Å². The summed E-state index contributed by atoms with van der Waals surface area (Å²) in [6, 6.07) is 0. The zero-order valence-corrected chi connectivity index (χ0v) is 11.5. The number of carbonyl (C=O) groups excluding carboxylic acids is 1. The van der Waals surface area contributed by atoms with Gasteiger partial charge in [-0.2, -0.15) is 4.98 Å². The van der Waals surface area contributed by atoms with Gasteiger partial charge < -0.3 is 9.47 Å². The standard InChI is InChI=1S/C10H10Cl2N4O3/c1-6(17)19-3-2-18-5-16-4-13-7-8(11)14-10(12)15-9(7)16/h4H,2-3,5H2,1H3. The van der Waals surface area contributed by atoms with E-state index in [1.165, 1.54) is 13.3 Å². The highest BCUT2D eigenvalue weighted by molar-refractivity contribution is 6.35. The van der Waals surface area contributed by atoms with Gasteiger partial charge >= 0.3 is 5.97 Å². The van der Waals surface area contributed by atoms with Gasteiger partial charge in [0, 0.05) is 6.92 Å². The first-order valence-electron chi connectivity index (χ1n) is 5.33. The Labute approximate surface area is 118 Å². The summed E-state index contributed by atoms with van der Waals surface area (Å²) in [6.07, 6.45) is 1.52. The maximum absolute atomic E-state index is 10.5. The van der Waals surface area contributed by atoms with Crippen LogP contribution >= 0.6 is 23.2 Å². The number of aromatic nitrogens is 4. The number of esters is 1. The summed E-state index contributed by atoms with van der Waals surface area (Å²) in [7, 11) is 0. The molecule has 0 aliphatic heterocycles. The molecule has 9 heteroatoms. The van der Waals surface area contributed by atoms with E-state index >= 15 is 0 Å². The molecule has 0 amide bonds. The first-order chi connectivity index (χ1) is 9.08. The van der Waals surface area contributed by atoms with Crippen LogP contribution in [-0.2, 0) is 21.0 Å². The van der Waals surface area contributed by atoms with E-state index in [9.17, 15) is 4.79 Å². The molecular formula is C10H10Cl2N4O3. The minimum atomic E-state index is -0.344. The van der Waals surface area contributed by atoms with Crippen molar-refractivity contribution in [2.24, 2.45) is 0 Å². The number of rotatable bonds is 5. The third kappa shape index (κ3) is 3.52. The van der Waals surface area contributed by atoms with E-state index in [1.54, 1.807) is 4.57 Å². The Kier molecular flexibility index (Phi) is 4.52. The van der Waals surface area contributed by atoms with Crippen LogP contribution in [0.5, 0.6) is 0 Å². The molecule has 7 nitrogen and oxygen atoms in total. The molecule has 0 atom stereocenters. The summed E-state index contributed by atoms with van der Waals surface area (Å²) in [5.41, 5.74) is 0.937. The molecule has 0 aromatic carbocycles. The van der Waals surface area contributed by atoms with E-state index in [0.717, 1.165) is 0 Å². The number of ether oxygens (including phenoxy) is 2. The number of halogens is 2. The molecule has 0 radical (unpaired) electrons. The van der Waals surface area contributed by atoms with Gasteiger partial charge in [-0.15, -0.1) is 0 Å². The Bertz CT molecular complexity index is 602. The number of nitrogens with zero attached hydrogens (tertiary/aromatic N) is 4. The fourth-order valence-electron chi connectivity index (χ4n) is 1.39. The van der Waals surface area contributed by atoms with Crippen LogP contribution in [0.4, 0.5) is 0 Å². The second kappa shape index (κ2) is 6.14. The van der Waals surface area contributed by atoms with Crippen molar-refractivity contribution in [1.82, 2.24) is 19.5 Å². The van der Waals surface area contributed by atoms with Gasteiger partial charge in [0.25, 0.3) is 0 Å². The SMILES string of the molecule is CC(=O)OCCOCn1cnc2c(Cl)nc(Cl)nc21. The molecular weight excluding hydrogens is 295 g/mol. The average molecular weight is 305 g/mol. The Hall–Kier alpha value is -1.44. The third-order valence-corrected chi connectivity index (χ3v) is 2.59. The van der Waals surface area contributed by atoms with Crippen molar-refractivity contribution in [2.75, 3.05) is 13.2 Å². The first-order valence-corrected chi connectivity index (χ1v) is 6.08. The first kappa shape index (κ1) is 14.0. The van der Waals surface area contributed by atoms with Crippen molar-refractivity contribution in [3.05, 3.63) is 16.8 Å². The predicted octanol–water partition coefficient (Wildman–Crippen LogP) is 1.67. The van der Waals surface area contributed by atoms with Crippen molar-refractivity contribution in [1.29, 1.82) is 0 Å². The molecule has 0 aliphatic carbocycles. The highest BCUT2D eigenvalue weighted by Crippen LogP contribution is 2.20. The largest absolute Gasteiger partial charge is 0.463 e. The molecule has 0 saturated heterocycles. The predicted molar refractivity (Wildman–Crippen MR) is 67.9 cm³/mol. The van der Waals surface area contributed by atoms with Gasteiger partial charge in [-0.25, -0.2) is 9.97 Å². The van der Waals surface area contributed by atoms with Crippen LogP contribution in [0.2, 0.25) is 10.4 Å². The van der Waals surface area contributed by atoms with Gasteiger partial charge in [-0.05, 0) is 11.6 Å². The zero-order chi connectivity index (χ0) is 13.8. The van der Waals surface area contributed by atoms with Crippen LogP contribution in [-0.4, -0.2) is 38.7 Å². The number of imidazole rings is 1. The molecule has 2 rings (SSSR count). The molecule has 0 spiro atoms. The van der Waals surface area contributed by atoms with E-state index in [2.05, 4.69) is 15.0 Å². The summed E-state index contributed by atoms with van der Waals surface area (Å²) in [6.45, 7) is 2.00. The van der Waals surface area contributed by atoms with Crippen LogP contribution in [0.25, 0.3) is 11.2 Å². The quantitative estimate of drug-likeness (QED) is 0.362. The number of hydrogen-bond acceptors (Lipinski definition) is 6. The lowest BCUT2D eigenvalue weighted by Gasteiger charge is -2.06. The normalized spacial score (nSPS) is 10.9. The molecule has 0 saturated carbocycles. The second-order valence-corrected chi connectivity index (χ2v) is 4.24. The minimum absolute atomic E-state index is 0.0409. The van der Waals surface area contributed by atoms with E-state index in [0.29, 0.717) is 11.2 Å². The van der Waals surface area contributed by atoms with Crippen LogP contribution in [0.1, 0.15) is 6.92 Å². The van der Waals surface area contributed by atoms with Crippen molar-refractivity contribution in [3.8, 4) is 0 Å². The van der Waals surface area contributed by atoms with Gasteiger partial charge in [0.05, 0.1) is 12.9 Å². The lowest BCUT2D eigenvalue weighted by Crippen LogP contribution is -2.10. The molecule has 0 fully saturated rings. The summed E-state index contributed by atoms with van der Waals surface area (Å²) >= 11 is 11.6. The second-order valence-electron chi connectivity index (χ2n) is 3.55. The Morgan fingerprint density at radius 1 is 1.37 bits per heavy atom. The summed E-state index contributed by atoms with van der Waals surface area (Å²) in [5, 5.41) is 0.229. The Balaban J connectivity index is 1.99. The monoisotopic (exact) mass is 304 g/mol. The lowest BCUT2D eigenvalue weighted by molar-refractivity contribution is -0.142. The molecule has 0 aliphatic rings. The maximum Gasteiger partial charge on any atom is 0.302 e. The van der Waals surface area contributed by atoms with Gasteiger partial charge in [0.15, 0.2) is 10.8 Å². The molecule has 2 aromatic rings. The summed E-state index contributed by atoms with van der Waals surface area (Å²) in [4.78, 5) is 22.4. The van der Waals surface area contributed by atoms with Crippen LogP contribution in [0.3, 0.4) is 0 Å². The van der Waals surface area contributed by atoms with Gasteiger partial charge in [-0.1, -0.05) is 11.6 Å². The van der Waals surface area contributed by atoms with E-state index in [4.69, 9.17) is 32.7 Å². The number of hydrogen-bond donors (Lipinski definition) is 0.